The Hall–Kier alpha value is -3.11. The summed E-state index contributed by atoms with van der Waals surface area (Å²) in [4.78, 5) is 24.1. The number of nitrogens with one attached hydrogen (secondary N) is 2. The van der Waals surface area contributed by atoms with E-state index in [1.807, 2.05) is 31.2 Å². The molecule has 0 spiro atoms. The molecule has 0 aromatic heterocycles. The monoisotopic (exact) mass is 413 g/mol. The van der Waals surface area contributed by atoms with Crippen LogP contribution in [0.1, 0.15) is 15.9 Å². The summed E-state index contributed by atoms with van der Waals surface area (Å²) in [7, 11) is 1.26. The molecule has 26 heavy (non-hydrogen) atoms. The van der Waals surface area contributed by atoms with Gasteiger partial charge in [0.2, 0.25) is 0 Å². The van der Waals surface area contributed by atoms with Crippen LogP contribution in [0.15, 0.2) is 58.7 Å². The van der Waals surface area contributed by atoms with E-state index >= 15 is 0 Å². The Kier molecular flexibility index (Phi) is 6.53. The normalized spacial score (nSPS) is 10.6. The van der Waals surface area contributed by atoms with Crippen molar-refractivity contribution in [1.29, 1.82) is 5.26 Å². The molecule has 0 saturated heterocycles. The Labute approximate surface area is 159 Å². The standard InChI is InChI=1S/C19H16BrN3O3/c1-12-9-14(20)7-8-16(12)22-11-13(10-21)18(24)23-17-6-4-3-5-15(17)19(25)26-2/h3-9,11,22H,1-2H3,(H,23,24)/b13-11-. The fourth-order valence-electron chi connectivity index (χ4n) is 2.16. The molecule has 2 aromatic carbocycles. The second-order valence-corrected chi connectivity index (χ2v) is 6.18. The van der Waals surface area contributed by atoms with E-state index < -0.39 is 11.9 Å². The third-order valence-electron chi connectivity index (χ3n) is 3.51. The molecule has 0 aliphatic heterocycles. The van der Waals surface area contributed by atoms with Crippen LogP contribution in [-0.4, -0.2) is 19.0 Å². The van der Waals surface area contributed by atoms with Gasteiger partial charge in [0.15, 0.2) is 0 Å². The zero-order chi connectivity index (χ0) is 19.1. The third kappa shape index (κ3) is 4.71. The van der Waals surface area contributed by atoms with Gasteiger partial charge in [0, 0.05) is 16.4 Å². The van der Waals surface area contributed by atoms with E-state index in [1.54, 1.807) is 18.2 Å². The van der Waals surface area contributed by atoms with Gasteiger partial charge in [-0.05, 0) is 42.8 Å². The predicted octanol–water partition coefficient (Wildman–Crippen LogP) is 4.00. The summed E-state index contributed by atoms with van der Waals surface area (Å²) in [5.41, 5.74) is 2.06. The molecular weight excluding hydrogens is 398 g/mol. The molecule has 132 valence electrons. The predicted molar refractivity (Wildman–Crippen MR) is 103 cm³/mol. The van der Waals surface area contributed by atoms with Crippen molar-refractivity contribution < 1.29 is 14.3 Å². The number of aryl methyl sites for hydroxylation is 1. The minimum Gasteiger partial charge on any atom is -0.465 e. The highest BCUT2D eigenvalue weighted by Crippen LogP contribution is 2.21. The molecule has 2 rings (SSSR count). The van der Waals surface area contributed by atoms with Gasteiger partial charge in [-0.2, -0.15) is 5.26 Å². The maximum absolute atomic E-state index is 12.4. The summed E-state index contributed by atoms with van der Waals surface area (Å²) in [6.45, 7) is 1.90. The number of amides is 1. The molecule has 7 heteroatoms. The zero-order valence-corrected chi connectivity index (χ0v) is 15.8. The molecule has 0 atom stereocenters. The molecule has 0 heterocycles. The van der Waals surface area contributed by atoms with Crippen LogP contribution in [0.25, 0.3) is 0 Å². The van der Waals surface area contributed by atoms with Crippen molar-refractivity contribution in [3.63, 3.8) is 0 Å². The van der Waals surface area contributed by atoms with Crippen LogP contribution in [0.5, 0.6) is 0 Å². The minimum atomic E-state index is -0.633. The Morgan fingerprint density at radius 2 is 1.92 bits per heavy atom. The van der Waals surface area contributed by atoms with E-state index in [2.05, 4.69) is 31.3 Å². The second-order valence-electron chi connectivity index (χ2n) is 5.26. The quantitative estimate of drug-likeness (QED) is 0.439. The van der Waals surface area contributed by atoms with Crippen molar-refractivity contribution in [3.05, 3.63) is 69.8 Å². The number of nitrogens with zero attached hydrogens (tertiary/aromatic N) is 1. The number of methoxy groups -OCH3 is 1. The fourth-order valence-corrected chi connectivity index (χ4v) is 2.63. The fraction of sp³-hybridized carbons (Fsp3) is 0.105. The maximum Gasteiger partial charge on any atom is 0.339 e. The number of nitriles is 1. The molecule has 0 aliphatic rings. The maximum atomic E-state index is 12.4. The van der Waals surface area contributed by atoms with Crippen molar-refractivity contribution >= 4 is 39.2 Å². The zero-order valence-electron chi connectivity index (χ0n) is 14.2. The number of hydrogen-bond donors (Lipinski definition) is 2. The van der Waals surface area contributed by atoms with Crippen LogP contribution in [0.3, 0.4) is 0 Å². The lowest BCUT2D eigenvalue weighted by molar-refractivity contribution is -0.112. The molecule has 0 saturated carbocycles. The highest BCUT2D eigenvalue weighted by atomic mass is 79.9. The van der Waals surface area contributed by atoms with Gasteiger partial charge < -0.3 is 15.4 Å². The molecule has 2 N–H and O–H groups in total. The average molecular weight is 414 g/mol. The van der Waals surface area contributed by atoms with Crippen LogP contribution < -0.4 is 10.6 Å². The summed E-state index contributed by atoms with van der Waals surface area (Å²) in [5, 5.41) is 14.8. The number of anilines is 2. The van der Waals surface area contributed by atoms with Crippen molar-refractivity contribution in [2.75, 3.05) is 17.7 Å². The molecular formula is C19H16BrN3O3. The van der Waals surface area contributed by atoms with Crippen molar-refractivity contribution in [2.45, 2.75) is 6.92 Å². The van der Waals surface area contributed by atoms with Crippen LogP contribution >= 0.6 is 15.9 Å². The number of carbonyl (C=O) groups excluding carboxylic acids is 2. The van der Waals surface area contributed by atoms with Crippen LogP contribution in [-0.2, 0) is 9.53 Å². The van der Waals surface area contributed by atoms with Crippen LogP contribution in [0.4, 0.5) is 11.4 Å². The van der Waals surface area contributed by atoms with Crippen molar-refractivity contribution in [1.82, 2.24) is 0 Å². The van der Waals surface area contributed by atoms with Crippen molar-refractivity contribution in [3.8, 4) is 6.07 Å². The van der Waals surface area contributed by atoms with Gasteiger partial charge in [-0.1, -0.05) is 28.1 Å². The number of para-hydroxylation sites is 1. The van der Waals surface area contributed by atoms with Crippen LogP contribution in [0, 0.1) is 18.3 Å². The van der Waals surface area contributed by atoms with Gasteiger partial charge in [-0.25, -0.2) is 4.79 Å². The number of benzene rings is 2. The smallest absolute Gasteiger partial charge is 0.339 e. The van der Waals surface area contributed by atoms with Gasteiger partial charge in [0.1, 0.15) is 11.6 Å². The number of rotatable bonds is 5. The van der Waals surface area contributed by atoms with E-state index in [0.29, 0.717) is 0 Å². The van der Waals surface area contributed by atoms with E-state index in [0.717, 1.165) is 15.7 Å². The Morgan fingerprint density at radius 1 is 1.19 bits per heavy atom. The highest BCUT2D eigenvalue weighted by Gasteiger charge is 2.15. The lowest BCUT2D eigenvalue weighted by atomic mass is 10.1. The summed E-state index contributed by atoms with van der Waals surface area (Å²) in [6, 6.07) is 13.8. The summed E-state index contributed by atoms with van der Waals surface area (Å²) >= 11 is 3.38. The summed E-state index contributed by atoms with van der Waals surface area (Å²) in [5.74, 6) is -1.21. The van der Waals surface area contributed by atoms with Gasteiger partial charge in [-0.3, -0.25) is 4.79 Å². The molecule has 0 radical (unpaired) electrons. The summed E-state index contributed by atoms with van der Waals surface area (Å²) in [6.07, 6.45) is 1.33. The molecule has 6 nitrogen and oxygen atoms in total. The van der Waals surface area contributed by atoms with Gasteiger partial charge >= 0.3 is 5.97 Å². The Bertz CT molecular complexity index is 916. The third-order valence-corrected chi connectivity index (χ3v) is 4.00. The first kappa shape index (κ1) is 19.2. The number of esters is 1. The van der Waals surface area contributed by atoms with Gasteiger partial charge in [0.25, 0.3) is 5.91 Å². The molecule has 0 unspecified atom stereocenters. The van der Waals surface area contributed by atoms with E-state index in [9.17, 15) is 14.9 Å². The number of carbonyl (C=O) groups is 2. The number of halogens is 1. The Balaban J connectivity index is 2.19. The molecule has 1 amide bonds. The topological polar surface area (TPSA) is 91.2 Å². The largest absolute Gasteiger partial charge is 0.465 e. The first-order valence-corrected chi connectivity index (χ1v) is 8.37. The number of hydrogen-bond acceptors (Lipinski definition) is 5. The molecule has 2 aromatic rings. The molecule has 0 bridgehead atoms. The van der Waals surface area contributed by atoms with Crippen molar-refractivity contribution in [2.24, 2.45) is 0 Å². The van der Waals surface area contributed by atoms with E-state index in [4.69, 9.17) is 0 Å². The number of ether oxygens (including phenoxy) is 1. The average Bonchev–Trinajstić information content (AvgIpc) is 2.63. The lowest BCUT2D eigenvalue weighted by Gasteiger charge is -2.10. The SMILES string of the molecule is COC(=O)c1ccccc1NC(=O)/C(C#N)=C\Nc1ccc(Br)cc1C. The highest BCUT2D eigenvalue weighted by molar-refractivity contribution is 9.10. The van der Waals surface area contributed by atoms with Crippen LogP contribution in [0.2, 0.25) is 0 Å². The van der Waals surface area contributed by atoms with Gasteiger partial charge in [-0.15, -0.1) is 0 Å². The lowest BCUT2D eigenvalue weighted by Crippen LogP contribution is -2.17. The first-order valence-electron chi connectivity index (χ1n) is 7.58. The first-order chi connectivity index (χ1) is 12.5. The Morgan fingerprint density at radius 3 is 2.58 bits per heavy atom. The van der Waals surface area contributed by atoms with Gasteiger partial charge in [0.05, 0.1) is 18.4 Å². The summed E-state index contributed by atoms with van der Waals surface area (Å²) < 4.78 is 5.62. The molecule has 0 fully saturated rings. The minimum absolute atomic E-state index is 0.132. The van der Waals surface area contributed by atoms with E-state index in [-0.39, 0.29) is 16.8 Å². The second kappa shape index (κ2) is 8.83. The molecule has 0 aliphatic carbocycles. The van der Waals surface area contributed by atoms with E-state index in [1.165, 1.54) is 19.4 Å².